The van der Waals surface area contributed by atoms with Crippen LogP contribution in [-0.4, -0.2) is 17.3 Å². The van der Waals surface area contributed by atoms with Crippen LogP contribution >= 0.6 is 0 Å². The molecule has 31 heavy (non-hydrogen) atoms. The molecule has 0 aliphatic carbocycles. The van der Waals surface area contributed by atoms with Crippen molar-refractivity contribution in [1.82, 2.24) is 0 Å². The lowest BCUT2D eigenvalue weighted by atomic mass is 10.0. The number of aromatic carboxylic acids is 1. The van der Waals surface area contributed by atoms with Crippen molar-refractivity contribution in [2.24, 2.45) is 5.10 Å². The fourth-order valence-corrected chi connectivity index (χ4v) is 3.40. The van der Waals surface area contributed by atoms with Gasteiger partial charge in [-0.25, -0.2) is 4.79 Å². The molecule has 0 radical (unpaired) electrons. The summed E-state index contributed by atoms with van der Waals surface area (Å²) in [4.78, 5) is 11.4. The molecule has 0 aromatic heterocycles. The van der Waals surface area contributed by atoms with E-state index in [0.29, 0.717) is 18.0 Å². The minimum Gasteiger partial charge on any atom is -0.488 e. The summed E-state index contributed by atoms with van der Waals surface area (Å²) in [6.07, 6.45) is 1.67. The van der Waals surface area contributed by atoms with Crippen molar-refractivity contribution in [3.05, 3.63) is 107 Å². The SMILES string of the molecule is Cc1ccccc1COc1ccc2ccccc2c1/C=N/Nc1ccccc1C(=O)O. The normalized spacial score (nSPS) is 11.0. The van der Waals surface area contributed by atoms with Crippen molar-refractivity contribution in [3.63, 3.8) is 0 Å². The van der Waals surface area contributed by atoms with Gasteiger partial charge in [0, 0.05) is 5.56 Å². The average Bonchev–Trinajstić information content (AvgIpc) is 2.79. The van der Waals surface area contributed by atoms with Crippen LogP contribution in [-0.2, 0) is 6.61 Å². The predicted molar refractivity (Wildman–Crippen MR) is 124 cm³/mol. The molecule has 4 rings (SSSR count). The molecule has 0 aliphatic heterocycles. The quantitative estimate of drug-likeness (QED) is 0.295. The number of anilines is 1. The summed E-state index contributed by atoms with van der Waals surface area (Å²) in [7, 11) is 0. The van der Waals surface area contributed by atoms with E-state index in [0.717, 1.165) is 21.9 Å². The van der Waals surface area contributed by atoms with E-state index in [1.165, 1.54) is 11.6 Å². The van der Waals surface area contributed by atoms with Gasteiger partial charge in [0.1, 0.15) is 12.4 Å². The highest BCUT2D eigenvalue weighted by Gasteiger charge is 2.10. The van der Waals surface area contributed by atoms with Crippen LogP contribution in [0.1, 0.15) is 27.0 Å². The van der Waals surface area contributed by atoms with Gasteiger partial charge >= 0.3 is 5.97 Å². The number of rotatable bonds is 7. The number of aryl methyl sites for hydroxylation is 1. The third kappa shape index (κ3) is 4.56. The summed E-state index contributed by atoms with van der Waals surface area (Å²) in [6, 6.07) is 26.7. The molecule has 0 atom stereocenters. The van der Waals surface area contributed by atoms with Crippen LogP contribution in [0.15, 0.2) is 90.0 Å². The van der Waals surface area contributed by atoms with Gasteiger partial charge < -0.3 is 9.84 Å². The maximum Gasteiger partial charge on any atom is 0.337 e. The number of nitrogens with one attached hydrogen (secondary N) is 1. The van der Waals surface area contributed by atoms with Crippen molar-refractivity contribution >= 4 is 28.6 Å². The van der Waals surface area contributed by atoms with Crippen LogP contribution in [0.5, 0.6) is 5.75 Å². The minimum absolute atomic E-state index is 0.161. The van der Waals surface area contributed by atoms with Crippen LogP contribution in [0.3, 0.4) is 0 Å². The van der Waals surface area contributed by atoms with E-state index in [9.17, 15) is 9.90 Å². The molecule has 0 bridgehead atoms. The second kappa shape index (κ2) is 9.13. The van der Waals surface area contributed by atoms with E-state index < -0.39 is 5.97 Å². The summed E-state index contributed by atoms with van der Waals surface area (Å²) in [6.45, 7) is 2.51. The molecule has 2 N–H and O–H groups in total. The lowest BCUT2D eigenvalue weighted by molar-refractivity contribution is 0.0698. The molecule has 0 saturated carbocycles. The summed E-state index contributed by atoms with van der Waals surface area (Å²) in [5.74, 6) is -0.301. The van der Waals surface area contributed by atoms with E-state index in [1.807, 2.05) is 48.5 Å². The van der Waals surface area contributed by atoms with Crippen LogP contribution in [0.2, 0.25) is 0 Å². The second-order valence-electron chi connectivity index (χ2n) is 7.13. The average molecular weight is 410 g/mol. The molecule has 0 heterocycles. The molecule has 0 saturated heterocycles. The van der Waals surface area contributed by atoms with Gasteiger partial charge in [-0.2, -0.15) is 5.10 Å². The lowest BCUT2D eigenvalue weighted by Crippen LogP contribution is -2.03. The number of para-hydroxylation sites is 1. The number of carboxylic acid groups (broad SMARTS) is 1. The Labute approximate surface area is 180 Å². The highest BCUT2D eigenvalue weighted by atomic mass is 16.5. The molecular formula is C26H22N2O3. The standard InChI is InChI=1S/C26H22N2O3/c1-18-8-2-3-10-20(18)17-31-25-15-14-19-9-4-5-11-21(19)23(25)16-27-28-24-13-7-6-12-22(24)26(29)30/h2-16,28H,17H2,1H3,(H,29,30)/b27-16+. The third-order valence-corrected chi connectivity index (χ3v) is 5.11. The zero-order valence-corrected chi connectivity index (χ0v) is 17.1. The van der Waals surface area contributed by atoms with Gasteiger partial charge in [-0.3, -0.25) is 5.43 Å². The molecule has 4 aromatic carbocycles. The molecule has 4 aromatic rings. The number of hydrogen-bond acceptors (Lipinski definition) is 4. The van der Waals surface area contributed by atoms with Gasteiger partial charge in [-0.05, 0) is 47.0 Å². The lowest BCUT2D eigenvalue weighted by Gasteiger charge is -2.13. The Morgan fingerprint density at radius 1 is 0.968 bits per heavy atom. The zero-order chi connectivity index (χ0) is 21.6. The molecule has 0 aliphatic rings. The third-order valence-electron chi connectivity index (χ3n) is 5.11. The Bertz CT molecular complexity index is 1260. The van der Waals surface area contributed by atoms with Gasteiger partial charge in [-0.1, -0.05) is 66.7 Å². The van der Waals surface area contributed by atoms with Crippen LogP contribution in [0.4, 0.5) is 5.69 Å². The van der Waals surface area contributed by atoms with E-state index in [-0.39, 0.29) is 5.56 Å². The fraction of sp³-hybridized carbons (Fsp3) is 0.0769. The van der Waals surface area contributed by atoms with Crippen LogP contribution < -0.4 is 10.2 Å². The molecule has 0 amide bonds. The molecule has 0 spiro atoms. The maximum absolute atomic E-state index is 11.4. The van der Waals surface area contributed by atoms with E-state index >= 15 is 0 Å². The van der Waals surface area contributed by atoms with E-state index in [2.05, 4.69) is 29.6 Å². The van der Waals surface area contributed by atoms with Crippen molar-refractivity contribution in [2.45, 2.75) is 13.5 Å². The van der Waals surface area contributed by atoms with Gasteiger partial charge in [0.15, 0.2) is 0 Å². The monoisotopic (exact) mass is 410 g/mol. The van der Waals surface area contributed by atoms with Gasteiger partial charge in [-0.15, -0.1) is 0 Å². The predicted octanol–water partition coefficient (Wildman–Crippen LogP) is 5.87. The second-order valence-corrected chi connectivity index (χ2v) is 7.13. The van der Waals surface area contributed by atoms with Crippen LogP contribution in [0.25, 0.3) is 10.8 Å². The smallest absolute Gasteiger partial charge is 0.337 e. The Kier molecular flexibility index (Phi) is 5.94. The number of hydrogen-bond donors (Lipinski definition) is 2. The number of carbonyl (C=O) groups is 1. The first-order chi connectivity index (χ1) is 15.1. The summed E-state index contributed by atoms with van der Waals surface area (Å²) >= 11 is 0. The Morgan fingerprint density at radius 3 is 2.55 bits per heavy atom. The van der Waals surface area contributed by atoms with Gasteiger partial charge in [0.25, 0.3) is 0 Å². The number of hydrazone groups is 1. The number of carboxylic acids is 1. The molecular weight excluding hydrogens is 388 g/mol. The first-order valence-electron chi connectivity index (χ1n) is 9.94. The molecule has 154 valence electrons. The first kappa shape index (κ1) is 20.2. The van der Waals surface area contributed by atoms with Gasteiger partial charge in [0.05, 0.1) is 17.5 Å². The molecule has 5 nitrogen and oxygen atoms in total. The maximum atomic E-state index is 11.4. The first-order valence-corrected chi connectivity index (χ1v) is 9.94. The largest absolute Gasteiger partial charge is 0.488 e. The van der Waals surface area contributed by atoms with Crippen molar-refractivity contribution in [1.29, 1.82) is 0 Å². The number of nitrogens with zero attached hydrogens (tertiary/aromatic N) is 1. The van der Waals surface area contributed by atoms with Crippen molar-refractivity contribution < 1.29 is 14.6 Å². The summed E-state index contributed by atoms with van der Waals surface area (Å²) in [5, 5.41) is 15.7. The fourth-order valence-electron chi connectivity index (χ4n) is 3.40. The highest BCUT2D eigenvalue weighted by molar-refractivity contribution is 6.03. The summed E-state index contributed by atoms with van der Waals surface area (Å²) < 4.78 is 6.16. The topological polar surface area (TPSA) is 70.9 Å². The Morgan fingerprint density at radius 2 is 1.71 bits per heavy atom. The number of ether oxygens (including phenoxy) is 1. The minimum atomic E-state index is -1.01. The van der Waals surface area contributed by atoms with E-state index in [4.69, 9.17) is 4.74 Å². The van der Waals surface area contributed by atoms with Crippen LogP contribution in [0, 0.1) is 6.92 Å². The highest BCUT2D eigenvalue weighted by Crippen LogP contribution is 2.28. The molecule has 0 fully saturated rings. The molecule has 5 heteroatoms. The molecule has 0 unspecified atom stereocenters. The van der Waals surface area contributed by atoms with E-state index in [1.54, 1.807) is 24.4 Å². The van der Waals surface area contributed by atoms with Crippen molar-refractivity contribution in [3.8, 4) is 5.75 Å². The Hall–Kier alpha value is -4.12. The number of fused-ring (bicyclic) bond motifs is 1. The van der Waals surface area contributed by atoms with Gasteiger partial charge in [0.2, 0.25) is 0 Å². The number of benzene rings is 4. The summed E-state index contributed by atoms with van der Waals surface area (Å²) in [5.41, 5.74) is 6.55. The van der Waals surface area contributed by atoms with Crippen molar-refractivity contribution in [2.75, 3.05) is 5.43 Å². The zero-order valence-electron chi connectivity index (χ0n) is 17.1. The Balaban J connectivity index is 1.65.